The Hall–Kier alpha value is -1.84. The molecule has 1 aromatic carbocycles. The van der Waals surface area contributed by atoms with Crippen LogP contribution in [0.3, 0.4) is 0 Å². The van der Waals surface area contributed by atoms with Gasteiger partial charge in [-0.05, 0) is 12.0 Å². The Morgan fingerprint density at radius 2 is 1.75 bits per heavy atom. The molecule has 0 saturated carbocycles. The van der Waals surface area contributed by atoms with E-state index in [-0.39, 0.29) is 11.9 Å². The van der Waals surface area contributed by atoms with E-state index in [9.17, 15) is 9.59 Å². The lowest BCUT2D eigenvalue weighted by Crippen LogP contribution is -2.31. The van der Waals surface area contributed by atoms with Gasteiger partial charge in [0, 0.05) is 6.54 Å². The van der Waals surface area contributed by atoms with Crippen molar-refractivity contribution in [1.29, 1.82) is 0 Å². The van der Waals surface area contributed by atoms with Gasteiger partial charge in [0.1, 0.15) is 6.04 Å². The van der Waals surface area contributed by atoms with E-state index in [1.807, 2.05) is 30.3 Å². The maximum Gasteiger partial charge on any atom is 0.325 e. The second-order valence-electron chi connectivity index (χ2n) is 5.20. The SMILES string of the molecule is CCCCCCCN1C(=O)NC(c2ccccc2)C1=O. The molecule has 1 saturated heterocycles. The second kappa shape index (κ2) is 7.08. The van der Waals surface area contributed by atoms with Crippen molar-refractivity contribution in [2.75, 3.05) is 6.54 Å². The normalized spacial score (nSPS) is 18.4. The lowest BCUT2D eigenvalue weighted by molar-refractivity contribution is -0.127. The topological polar surface area (TPSA) is 49.4 Å². The zero-order chi connectivity index (χ0) is 14.4. The number of hydrogen-bond acceptors (Lipinski definition) is 2. The molecule has 1 heterocycles. The minimum Gasteiger partial charge on any atom is -0.322 e. The Labute approximate surface area is 120 Å². The summed E-state index contributed by atoms with van der Waals surface area (Å²) in [4.78, 5) is 25.5. The van der Waals surface area contributed by atoms with Gasteiger partial charge in [-0.2, -0.15) is 0 Å². The average Bonchev–Trinajstić information content (AvgIpc) is 2.75. The van der Waals surface area contributed by atoms with Gasteiger partial charge < -0.3 is 5.32 Å². The molecule has 108 valence electrons. The highest BCUT2D eigenvalue weighted by atomic mass is 16.2. The predicted molar refractivity (Wildman–Crippen MR) is 78.2 cm³/mol. The van der Waals surface area contributed by atoms with Gasteiger partial charge in [0.25, 0.3) is 5.91 Å². The van der Waals surface area contributed by atoms with Gasteiger partial charge in [0.2, 0.25) is 0 Å². The molecule has 4 nitrogen and oxygen atoms in total. The van der Waals surface area contributed by atoms with E-state index >= 15 is 0 Å². The fraction of sp³-hybridized carbons (Fsp3) is 0.500. The lowest BCUT2D eigenvalue weighted by atomic mass is 10.1. The third kappa shape index (κ3) is 3.38. The van der Waals surface area contributed by atoms with Gasteiger partial charge in [-0.3, -0.25) is 9.69 Å². The van der Waals surface area contributed by atoms with E-state index in [0.29, 0.717) is 6.54 Å². The number of rotatable bonds is 7. The van der Waals surface area contributed by atoms with Crippen LogP contribution in [0.5, 0.6) is 0 Å². The minimum absolute atomic E-state index is 0.128. The van der Waals surface area contributed by atoms with Gasteiger partial charge in [-0.15, -0.1) is 0 Å². The summed E-state index contributed by atoms with van der Waals surface area (Å²) in [5, 5.41) is 2.76. The van der Waals surface area contributed by atoms with Gasteiger partial charge in [0.05, 0.1) is 0 Å². The van der Waals surface area contributed by atoms with Crippen molar-refractivity contribution in [3.05, 3.63) is 35.9 Å². The fourth-order valence-electron chi connectivity index (χ4n) is 2.48. The first kappa shape index (κ1) is 14.6. The van der Waals surface area contributed by atoms with Crippen LogP contribution in [-0.4, -0.2) is 23.4 Å². The smallest absolute Gasteiger partial charge is 0.322 e. The van der Waals surface area contributed by atoms with E-state index in [0.717, 1.165) is 18.4 Å². The quantitative estimate of drug-likeness (QED) is 0.613. The third-order valence-electron chi connectivity index (χ3n) is 3.64. The van der Waals surface area contributed by atoms with Gasteiger partial charge in [-0.25, -0.2) is 4.79 Å². The molecule has 3 amide bonds. The van der Waals surface area contributed by atoms with Crippen LogP contribution in [-0.2, 0) is 4.79 Å². The van der Waals surface area contributed by atoms with Crippen LogP contribution in [0.2, 0.25) is 0 Å². The molecular formula is C16H22N2O2. The number of urea groups is 1. The predicted octanol–water partition coefficient (Wildman–Crippen LogP) is 3.25. The summed E-state index contributed by atoms with van der Waals surface area (Å²) in [5.41, 5.74) is 0.847. The maximum atomic E-state index is 12.3. The first-order valence-corrected chi connectivity index (χ1v) is 7.41. The summed E-state index contributed by atoms with van der Waals surface area (Å²) < 4.78 is 0. The Morgan fingerprint density at radius 3 is 2.45 bits per heavy atom. The van der Waals surface area contributed by atoms with Crippen LogP contribution < -0.4 is 5.32 Å². The Kier molecular flexibility index (Phi) is 5.16. The van der Waals surface area contributed by atoms with Crippen molar-refractivity contribution < 1.29 is 9.59 Å². The number of carbonyl (C=O) groups excluding carboxylic acids is 2. The number of benzene rings is 1. The Bertz CT molecular complexity index is 459. The van der Waals surface area contributed by atoms with Crippen molar-refractivity contribution in [1.82, 2.24) is 10.2 Å². The van der Waals surface area contributed by atoms with Gasteiger partial charge in [-0.1, -0.05) is 62.9 Å². The number of carbonyl (C=O) groups is 2. The molecule has 1 aromatic rings. The number of amides is 3. The van der Waals surface area contributed by atoms with Crippen molar-refractivity contribution in [2.24, 2.45) is 0 Å². The lowest BCUT2D eigenvalue weighted by Gasteiger charge is -2.12. The first-order chi connectivity index (χ1) is 9.74. The highest BCUT2D eigenvalue weighted by molar-refractivity contribution is 6.04. The van der Waals surface area contributed by atoms with Crippen LogP contribution in [0, 0.1) is 0 Å². The molecule has 1 N–H and O–H groups in total. The molecule has 1 aliphatic rings. The van der Waals surface area contributed by atoms with Crippen molar-refractivity contribution in [3.8, 4) is 0 Å². The highest BCUT2D eigenvalue weighted by Gasteiger charge is 2.38. The van der Waals surface area contributed by atoms with E-state index in [2.05, 4.69) is 12.2 Å². The van der Waals surface area contributed by atoms with E-state index < -0.39 is 6.04 Å². The summed E-state index contributed by atoms with van der Waals surface area (Å²) in [6.45, 7) is 2.69. The average molecular weight is 274 g/mol. The number of unbranched alkanes of at least 4 members (excludes halogenated alkanes) is 4. The number of nitrogens with zero attached hydrogens (tertiary/aromatic N) is 1. The summed E-state index contributed by atoms with van der Waals surface area (Å²) in [6.07, 6.45) is 5.54. The molecule has 0 aromatic heterocycles. The molecule has 1 unspecified atom stereocenters. The zero-order valence-electron chi connectivity index (χ0n) is 12.0. The highest BCUT2D eigenvalue weighted by Crippen LogP contribution is 2.22. The van der Waals surface area contributed by atoms with E-state index in [1.165, 1.54) is 24.2 Å². The molecule has 4 heteroatoms. The van der Waals surface area contributed by atoms with Crippen molar-refractivity contribution in [2.45, 2.75) is 45.1 Å². The van der Waals surface area contributed by atoms with Crippen LogP contribution >= 0.6 is 0 Å². The van der Waals surface area contributed by atoms with Crippen LogP contribution in [0.4, 0.5) is 4.79 Å². The third-order valence-corrected chi connectivity index (χ3v) is 3.64. The van der Waals surface area contributed by atoms with Gasteiger partial charge >= 0.3 is 6.03 Å². The summed E-state index contributed by atoms with van der Waals surface area (Å²) in [5.74, 6) is -0.128. The Morgan fingerprint density at radius 1 is 1.05 bits per heavy atom. The monoisotopic (exact) mass is 274 g/mol. The summed E-state index contributed by atoms with van der Waals surface area (Å²) >= 11 is 0. The minimum atomic E-state index is -0.514. The largest absolute Gasteiger partial charge is 0.325 e. The molecule has 0 spiro atoms. The number of imide groups is 1. The van der Waals surface area contributed by atoms with Crippen LogP contribution in [0.15, 0.2) is 30.3 Å². The molecule has 0 aliphatic carbocycles. The summed E-state index contributed by atoms with van der Waals surface area (Å²) in [7, 11) is 0. The fourth-order valence-corrected chi connectivity index (χ4v) is 2.48. The van der Waals surface area contributed by atoms with Crippen LogP contribution in [0.1, 0.15) is 50.6 Å². The molecule has 0 radical (unpaired) electrons. The van der Waals surface area contributed by atoms with Gasteiger partial charge in [0.15, 0.2) is 0 Å². The molecule has 1 aliphatic heterocycles. The van der Waals surface area contributed by atoms with E-state index in [1.54, 1.807) is 0 Å². The zero-order valence-corrected chi connectivity index (χ0v) is 12.0. The Balaban J connectivity index is 1.89. The van der Waals surface area contributed by atoms with Crippen molar-refractivity contribution in [3.63, 3.8) is 0 Å². The molecule has 0 bridgehead atoms. The second-order valence-corrected chi connectivity index (χ2v) is 5.20. The first-order valence-electron chi connectivity index (χ1n) is 7.41. The molecule has 1 fully saturated rings. The summed E-state index contributed by atoms with van der Waals surface area (Å²) in [6, 6.07) is 8.61. The molecule has 20 heavy (non-hydrogen) atoms. The van der Waals surface area contributed by atoms with E-state index in [4.69, 9.17) is 0 Å². The number of nitrogens with one attached hydrogen (secondary N) is 1. The molecular weight excluding hydrogens is 252 g/mol. The maximum absolute atomic E-state index is 12.3. The number of hydrogen-bond donors (Lipinski definition) is 1. The standard InChI is InChI=1S/C16H22N2O2/c1-2-3-4-5-9-12-18-15(19)14(17-16(18)20)13-10-7-6-8-11-13/h6-8,10-11,14H,2-5,9,12H2,1H3,(H,17,20). The van der Waals surface area contributed by atoms with Crippen LogP contribution in [0.25, 0.3) is 0 Å². The molecule has 2 rings (SSSR count). The molecule has 1 atom stereocenters. The van der Waals surface area contributed by atoms with Crippen molar-refractivity contribution >= 4 is 11.9 Å².